The average Bonchev–Trinajstić information content (AvgIpc) is 3.78. The van der Waals surface area contributed by atoms with Gasteiger partial charge in [-0.15, -0.1) is 0 Å². The van der Waals surface area contributed by atoms with Crippen LogP contribution >= 0.6 is 0 Å². The highest BCUT2D eigenvalue weighted by Crippen LogP contribution is 2.56. The number of aromatic nitrogens is 2. The van der Waals surface area contributed by atoms with E-state index in [0.29, 0.717) is 0 Å². The van der Waals surface area contributed by atoms with Crippen LogP contribution in [0, 0.1) is 0 Å². The van der Waals surface area contributed by atoms with Gasteiger partial charge in [-0.3, -0.25) is 0 Å². The molecule has 2 aromatic heterocycles. The number of hydrogen-bond donors (Lipinski definition) is 0. The van der Waals surface area contributed by atoms with Crippen LogP contribution in [0.3, 0.4) is 0 Å². The molecule has 0 aliphatic heterocycles. The number of unbranched alkanes of at least 4 members (excludes halogenated alkanes) is 4. The van der Waals surface area contributed by atoms with Gasteiger partial charge in [0.2, 0.25) is 0 Å². The summed E-state index contributed by atoms with van der Waals surface area (Å²) in [6.07, 6.45) is 14.5. The minimum Gasteiger partial charge on any atom is -0.247 e. The molecule has 9 rings (SSSR count). The Kier molecular flexibility index (Phi) is 9.83. The molecule has 0 saturated carbocycles. The molecule has 0 atom stereocenters. The summed E-state index contributed by atoms with van der Waals surface area (Å²) in [5, 5.41) is 0. The molecule has 0 amide bonds. The second kappa shape index (κ2) is 14.8. The summed E-state index contributed by atoms with van der Waals surface area (Å²) in [6, 6.07) is 41.9. The van der Waals surface area contributed by atoms with Crippen LogP contribution in [0.15, 0.2) is 109 Å². The highest BCUT2D eigenvalue weighted by Gasteiger charge is 2.45. The summed E-state index contributed by atoms with van der Waals surface area (Å²) in [4.78, 5) is 11.1. The first-order chi connectivity index (χ1) is 27.8. The van der Waals surface area contributed by atoms with E-state index in [0.717, 1.165) is 11.4 Å². The number of pyridine rings is 2. The van der Waals surface area contributed by atoms with Crippen molar-refractivity contribution in [3.05, 3.63) is 143 Å². The summed E-state index contributed by atoms with van der Waals surface area (Å²) in [7, 11) is 0. The minimum absolute atomic E-state index is 0.0626. The first-order valence-corrected chi connectivity index (χ1v) is 22.3. The van der Waals surface area contributed by atoms with Crippen molar-refractivity contribution in [2.24, 2.45) is 0 Å². The Morgan fingerprint density at radius 1 is 0.386 bits per heavy atom. The summed E-state index contributed by atoms with van der Waals surface area (Å²) >= 11 is 0. The quantitative estimate of drug-likeness (QED) is 0.111. The Morgan fingerprint density at radius 2 is 0.772 bits per heavy atom. The number of nitrogens with zero attached hydrogens (tertiary/aromatic N) is 2. The van der Waals surface area contributed by atoms with E-state index in [1.807, 2.05) is 0 Å². The number of benzene rings is 4. The first kappa shape index (κ1) is 37.7. The Hall–Kier alpha value is -4.82. The highest BCUT2D eigenvalue weighted by molar-refractivity contribution is 5.87. The molecular formula is C55H60N2. The van der Waals surface area contributed by atoms with Gasteiger partial charge in [-0.05, 0) is 94.5 Å². The van der Waals surface area contributed by atoms with Gasteiger partial charge in [0.05, 0.1) is 22.8 Å². The maximum absolute atomic E-state index is 5.53. The molecule has 0 N–H and O–H groups in total. The molecule has 290 valence electrons. The molecular weight excluding hydrogens is 689 g/mol. The molecule has 57 heavy (non-hydrogen) atoms. The summed E-state index contributed by atoms with van der Waals surface area (Å²) < 4.78 is 0. The second-order valence-corrected chi connectivity index (χ2v) is 18.0. The fourth-order valence-electron chi connectivity index (χ4n) is 11.2. The van der Waals surface area contributed by atoms with E-state index in [1.165, 1.54) is 155 Å². The topological polar surface area (TPSA) is 25.8 Å². The summed E-state index contributed by atoms with van der Waals surface area (Å²) in [6.45, 7) is 14.1. The Labute approximate surface area is 342 Å². The van der Waals surface area contributed by atoms with Crippen LogP contribution in [0.5, 0.6) is 0 Å². The fourth-order valence-corrected chi connectivity index (χ4v) is 11.2. The number of fused-ring (bicyclic) bond motifs is 9. The van der Waals surface area contributed by atoms with Gasteiger partial charge in [0, 0.05) is 38.5 Å². The van der Waals surface area contributed by atoms with E-state index >= 15 is 0 Å². The van der Waals surface area contributed by atoms with Crippen LogP contribution < -0.4 is 0 Å². The van der Waals surface area contributed by atoms with Gasteiger partial charge >= 0.3 is 0 Å². The maximum Gasteiger partial charge on any atom is 0.0753 e. The predicted octanol–water partition coefficient (Wildman–Crippen LogP) is 15.4. The molecule has 2 nitrogen and oxygen atoms in total. The smallest absolute Gasteiger partial charge is 0.0753 e. The van der Waals surface area contributed by atoms with Gasteiger partial charge in [0.25, 0.3) is 0 Å². The predicted molar refractivity (Wildman–Crippen MR) is 241 cm³/mol. The number of hydrogen-bond acceptors (Lipinski definition) is 2. The lowest BCUT2D eigenvalue weighted by Crippen LogP contribution is -2.25. The maximum atomic E-state index is 5.53. The SMILES string of the molecule is CCCCC1(CCCC)c2ccccc2-c2nc(-c3ccc4c(c3)C(C)(C)c3cc(-c5ccc6c(n5)-c5ccccc5C6(CCCC)CCCC)ccc3-4)ccc21. The molecule has 3 aliphatic rings. The lowest BCUT2D eigenvalue weighted by molar-refractivity contribution is 0.414. The minimum atomic E-state index is -0.158. The van der Waals surface area contributed by atoms with Crippen molar-refractivity contribution in [2.75, 3.05) is 0 Å². The summed E-state index contributed by atoms with van der Waals surface area (Å²) in [5.41, 5.74) is 20.8. The van der Waals surface area contributed by atoms with Crippen molar-refractivity contribution < 1.29 is 0 Å². The van der Waals surface area contributed by atoms with Crippen LogP contribution in [-0.4, -0.2) is 9.97 Å². The second-order valence-electron chi connectivity index (χ2n) is 18.0. The van der Waals surface area contributed by atoms with E-state index in [4.69, 9.17) is 9.97 Å². The van der Waals surface area contributed by atoms with Crippen LogP contribution in [0.25, 0.3) is 56.2 Å². The summed E-state index contributed by atoms with van der Waals surface area (Å²) in [5.74, 6) is 0. The van der Waals surface area contributed by atoms with Crippen LogP contribution in [0.4, 0.5) is 0 Å². The molecule has 4 aromatic carbocycles. The Bertz CT molecular complexity index is 2280. The zero-order valence-electron chi connectivity index (χ0n) is 35.3. The van der Waals surface area contributed by atoms with Gasteiger partial charge in [-0.1, -0.05) is 178 Å². The Balaban J connectivity index is 1.07. The zero-order valence-corrected chi connectivity index (χ0v) is 35.3. The molecule has 0 spiro atoms. The van der Waals surface area contributed by atoms with Gasteiger partial charge < -0.3 is 0 Å². The van der Waals surface area contributed by atoms with Crippen LogP contribution in [0.1, 0.15) is 152 Å². The van der Waals surface area contributed by atoms with Crippen molar-refractivity contribution in [1.82, 2.24) is 9.97 Å². The third-order valence-corrected chi connectivity index (χ3v) is 14.3. The van der Waals surface area contributed by atoms with Crippen molar-refractivity contribution in [3.8, 4) is 56.2 Å². The van der Waals surface area contributed by atoms with Crippen molar-refractivity contribution in [3.63, 3.8) is 0 Å². The highest BCUT2D eigenvalue weighted by atomic mass is 14.8. The lowest BCUT2D eigenvalue weighted by Gasteiger charge is -2.32. The van der Waals surface area contributed by atoms with Crippen LogP contribution in [0.2, 0.25) is 0 Å². The fraction of sp³-hybridized carbons (Fsp3) is 0.382. The van der Waals surface area contributed by atoms with Crippen molar-refractivity contribution >= 4 is 0 Å². The van der Waals surface area contributed by atoms with E-state index < -0.39 is 0 Å². The third-order valence-electron chi connectivity index (χ3n) is 14.3. The first-order valence-electron chi connectivity index (χ1n) is 22.3. The molecule has 6 aromatic rings. The normalized spacial score (nSPS) is 15.8. The molecule has 2 heterocycles. The molecule has 0 saturated heterocycles. The van der Waals surface area contributed by atoms with Gasteiger partial charge in [0.1, 0.15) is 0 Å². The number of rotatable bonds is 14. The van der Waals surface area contributed by atoms with Crippen molar-refractivity contribution in [1.29, 1.82) is 0 Å². The van der Waals surface area contributed by atoms with E-state index in [2.05, 4.69) is 151 Å². The molecule has 0 unspecified atom stereocenters. The molecule has 0 bridgehead atoms. The largest absolute Gasteiger partial charge is 0.247 e. The van der Waals surface area contributed by atoms with E-state index in [-0.39, 0.29) is 16.2 Å². The van der Waals surface area contributed by atoms with Gasteiger partial charge in [0.15, 0.2) is 0 Å². The van der Waals surface area contributed by atoms with Gasteiger partial charge in [-0.2, -0.15) is 0 Å². The molecule has 0 radical (unpaired) electrons. The zero-order chi connectivity index (χ0) is 39.4. The monoisotopic (exact) mass is 748 g/mol. The van der Waals surface area contributed by atoms with Crippen molar-refractivity contribution in [2.45, 2.75) is 135 Å². The van der Waals surface area contributed by atoms with Gasteiger partial charge in [-0.25, -0.2) is 9.97 Å². The molecule has 0 fully saturated rings. The van der Waals surface area contributed by atoms with E-state index in [9.17, 15) is 0 Å². The average molecular weight is 749 g/mol. The molecule has 3 aliphatic carbocycles. The Morgan fingerprint density at radius 3 is 1.16 bits per heavy atom. The molecule has 2 heteroatoms. The van der Waals surface area contributed by atoms with Crippen LogP contribution in [-0.2, 0) is 16.2 Å². The lowest BCUT2D eigenvalue weighted by atomic mass is 9.71. The third kappa shape index (κ3) is 5.87. The van der Waals surface area contributed by atoms with E-state index in [1.54, 1.807) is 0 Å². The standard InChI is InChI=1S/C55H60N2/c1-7-11-31-54(32-12-8-2)43-21-17-15-19-41(43)51-45(54)27-29-49(56-51)37-23-25-39-40-26-24-38(36-48(40)53(5,6)47(39)35-37)50-30-28-46-52(57-50)42-20-16-18-22-44(42)55(46,33-13-9-3)34-14-10-4/h15-30,35-36H,7-14,31-34H2,1-6H3.